The van der Waals surface area contributed by atoms with Crippen molar-refractivity contribution in [2.24, 2.45) is 11.3 Å². The maximum absolute atomic E-state index is 13.2. The predicted molar refractivity (Wildman–Crippen MR) is 115 cm³/mol. The summed E-state index contributed by atoms with van der Waals surface area (Å²) < 4.78 is 10.6. The van der Waals surface area contributed by atoms with Gasteiger partial charge in [-0.1, -0.05) is 31.4 Å². The Morgan fingerprint density at radius 2 is 2.07 bits per heavy atom. The largest absolute Gasteiger partial charge is 0.493 e. The third-order valence-electron chi connectivity index (χ3n) is 6.63. The number of hydrogen-bond donors (Lipinski definition) is 2. The summed E-state index contributed by atoms with van der Waals surface area (Å²) in [5, 5.41) is 12.8. The van der Waals surface area contributed by atoms with E-state index in [0.29, 0.717) is 26.0 Å². The number of carboxylic acids is 1. The van der Waals surface area contributed by atoms with Crippen molar-refractivity contribution in [1.29, 1.82) is 0 Å². The molecule has 166 valence electrons. The molecule has 0 saturated heterocycles. The number of carbonyl (C=O) groups excluding carboxylic acids is 1. The van der Waals surface area contributed by atoms with Crippen LogP contribution in [0.15, 0.2) is 18.2 Å². The summed E-state index contributed by atoms with van der Waals surface area (Å²) in [5.41, 5.74) is 1.99. The summed E-state index contributed by atoms with van der Waals surface area (Å²) in [4.78, 5) is 24.9. The highest BCUT2D eigenvalue weighted by molar-refractivity contribution is 5.83. The average molecular weight is 418 g/mol. The Morgan fingerprint density at radius 3 is 2.80 bits per heavy atom. The molecule has 1 aromatic carbocycles. The molecular formula is C24H35NO5. The van der Waals surface area contributed by atoms with Gasteiger partial charge in [-0.3, -0.25) is 9.59 Å². The molecule has 1 aliphatic carbocycles. The Hall–Kier alpha value is -2.08. The molecule has 2 aliphatic rings. The van der Waals surface area contributed by atoms with Crippen molar-refractivity contribution in [2.45, 2.75) is 64.2 Å². The quantitative estimate of drug-likeness (QED) is 0.536. The number of nitrogens with one attached hydrogen (secondary N) is 1. The van der Waals surface area contributed by atoms with Gasteiger partial charge in [-0.25, -0.2) is 0 Å². The lowest BCUT2D eigenvalue weighted by Gasteiger charge is -2.37. The Bertz CT molecular complexity index is 726. The number of fused-ring (bicyclic) bond motifs is 1. The van der Waals surface area contributed by atoms with E-state index in [1.165, 1.54) is 11.1 Å². The molecule has 1 fully saturated rings. The average Bonchev–Trinajstić information content (AvgIpc) is 3.22. The number of amides is 1. The monoisotopic (exact) mass is 417 g/mol. The topological polar surface area (TPSA) is 84.9 Å². The minimum Gasteiger partial charge on any atom is -0.493 e. The Balaban J connectivity index is 1.53. The number of carbonyl (C=O) groups is 2. The van der Waals surface area contributed by atoms with Gasteiger partial charge in [-0.05, 0) is 55.7 Å². The van der Waals surface area contributed by atoms with Gasteiger partial charge in [-0.2, -0.15) is 0 Å². The minimum absolute atomic E-state index is 0.0354. The van der Waals surface area contributed by atoms with Crippen LogP contribution >= 0.6 is 0 Å². The van der Waals surface area contributed by atoms with Crippen LogP contribution < -0.4 is 10.1 Å². The predicted octanol–water partition coefficient (Wildman–Crippen LogP) is 3.75. The SMILES string of the molecule is COCCC(CC1(C(=O)NCCCc2ccc3c(c2)CCO3)CCCCC1)C(=O)O. The Morgan fingerprint density at radius 1 is 1.27 bits per heavy atom. The Labute approximate surface area is 179 Å². The molecule has 1 atom stereocenters. The van der Waals surface area contributed by atoms with Gasteiger partial charge in [0, 0.05) is 32.1 Å². The molecule has 1 amide bonds. The van der Waals surface area contributed by atoms with Crippen molar-refractivity contribution in [3.05, 3.63) is 29.3 Å². The molecule has 1 aliphatic heterocycles. The molecule has 6 heteroatoms. The molecule has 1 saturated carbocycles. The van der Waals surface area contributed by atoms with Crippen molar-refractivity contribution < 1.29 is 24.2 Å². The second kappa shape index (κ2) is 10.8. The van der Waals surface area contributed by atoms with Crippen LogP contribution in [0, 0.1) is 11.3 Å². The van der Waals surface area contributed by atoms with Crippen LogP contribution in [-0.2, 0) is 27.2 Å². The van der Waals surface area contributed by atoms with E-state index in [0.717, 1.165) is 63.7 Å². The fourth-order valence-corrected chi connectivity index (χ4v) is 4.87. The van der Waals surface area contributed by atoms with E-state index in [9.17, 15) is 14.7 Å². The second-order valence-electron chi connectivity index (χ2n) is 8.76. The molecule has 6 nitrogen and oxygen atoms in total. The molecule has 1 unspecified atom stereocenters. The van der Waals surface area contributed by atoms with Gasteiger partial charge in [0.2, 0.25) is 5.91 Å². The third kappa shape index (κ3) is 5.75. The number of rotatable bonds is 11. The normalized spacial score (nSPS) is 18.3. The number of carboxylic acid groups (broad SMARTS) is 1. The zero-order chi connectivity index (χ0) is 21.4. The van der Waals surface area contributed by atoms with Gasteiger partial charge in [0.25, 0.3) is 0 Å². The summed E-state index contributed by atoms with van der Waals surface area (Å²) >= 11 is 0. The highest BCUT2D eigenvalue weighted by Crippen LogP contribution is 2.42. The lowest BCUT2D eigenvalue weighted by atomic mass is 9.68. The smallest absolute Gasteiger partial charge is 0.306 e. The van der Waals surface area contributed by atoms with Crippen molar-refractivity contribution in [3.63, 3.8) is 0 Å². The summed E-state index contributed by atoms with van der Waals surface area (Å²) in [6, 6.07) is 6.35. The summed E-state index contributed by atoms with van der Waals surface area (Å²) in [5.74, 6) is -0.339. The standard InChI is InChI=1S/C24H35NO5/c1-29-14-9-20(22(26)27)17-24(11-3-2-4-12-24)23(28)25-13-5-6-18-7-8-21-19(16-18)10-15-30-21/h7-8,16,20H,2-6,9-15,17H2,1H3,(H,25,28)(H,26,27). The van der Waals surface area contributed by atoms with Gasteiger partial charge < -0.3 is 19.9 Å². The lowest BCUT2D eigenvalue weighted by Crippen LogP contribution is -2.45. The van der Waals surface area contributed by atoms with Gasteiger partial charge in [0.15, 0.2) is 0 Å². The van der Waals surface area contributed by atoms with Gasteiger partial charge in [-0.15, -0.1) is 0 Å². The van der Waals surface area contributed by atoms with Gasteiger partial charge in [0.1, 0.15) is 5.75 Å². The maximum Gasteiger partial charge on any atom is 0.306 e. The molecule has 2 N–H and O–H groups in total. The molecule has 0 radical (unpaired) electrons. The first-order valence-corrected chi connectivity index (χ1v) is 11.3. The highest BCUT2D eigenvalue weighted by atomic mass is 16.5. The first-order chi connectivity index (χ1) is 14.5. The van der Waals surface area contributed by atoms with Crippen molar-refractivity contribution in [1.82, 2.24) is 5.32 Å². The first-order valence-electron chi connectivity index (χ1n) is 11.3. The second-order valence-corrected chi connectivity index (χ2v) is 8.76. The van der Waals surface area contributed by atoms with Gasteiger partial charge >= 0.3 is 5.97 Å². The molecule has 1 aromatic rings. The first kappa shape index (κ1) is 22.6. The fraction of sp³-hybridized carbons (Fsp3) is 0.667. The van der Waals surface area contributed by atoms with E-state index in [1.54, 1.807) is 7.11 Å². The zero-order valence-electron chi connectivity index (χ0n) is 18.1. The van der Waals surface area contributed by atoms with Crippen LogP contribution in [0.1, 0.15) is 62.5 Å². The summed E-state index contributed by atoms with van der Waals surface area (Å²) in [7, 11) is 1.58. The van der Waals surface area contributed by atoms with Crippen LogP contribution in [-0.4, -0.2) is 43.9 Å². The van der Waals surface area contributed by atoms with Crippen LogP contribution in [0.2, 0.25) is 0 Å². The molecule has 0 aromatic heterocycles. The fourth-order valence-electron chi connectivity index (χ4n) is 4.87. The van der Waals surface area contributed by atoms with Crippen LogP contribution in [0.25, 0.3) is 0 Å². The van der Waals surface area contributed by atoms with Crippen LogP contribution in [0.4, 0.5) is 0 Å². The van der Waals surface area contributed by atoms with E-state index >= 15 is 0 Å². The molecule has 3 rings (SSSR count). The molecule has 30 heavy (non-hydrogen) atoms. The van der Waals surface area contributed by atoms with Crippen LogP contribution in [0.5, 0.6) is 5.75 Å². The number of aryl methyl sites for hydroxylation is 1. The summed E-state index contributed by atoms with van der Waals surface area (Å²) in [6.45, 7) is 1.78. The van der Waals surface area contributed by atoms with Crippen molar-refractivity contribution in [2.75, 3.05) is 26.9 Å². The number of benzene rings is 1. The lowest BCUT2D eigenvalue weighted by molar-refractivity contribution is -0.146. The molecule has 1 heterocycles. The summed E-state index contributed by atoms with van der Waals surface area (Å²) in [6.07, 6.45) is 8.25. The minimum atomic E-state index is -0.828. The van der Waals surface area contributed by atoms with E-state index < -0.39 is 17.3 Å². The zero-order valence-corrected chi connectivity index (χ0v) is 18.1. The maximum atomic E-state index is 13.2. The number of ether oxygens (including phenoxy) is 2. The molecule has 0 bridgehead atoms. The van der Waals surface area contributed by atoms with E-state index in [1.807, 2.05) is 6.07 Å². The Kier molecular flexibility index (Phi) is 8.14. The number of aliphatic carboxylic acids is 1. The van der Waals surface area contributed by atoms with Crippen molar-refractivity contribution in [3.8, 4) is 5.75 Å². The number of hydrogen-bond acceptors (Lipinski definition) is 4. The number of methoxy groups -OCH3 is 1. The molecular weight excluding hydrogens is 382 g/mol. The third-order valence-corrected chi connectivity index (χ3v) is 6.63. The highest BCUT2D eigenvalue weighted by Gasteiger charge is 2.42. The van der Waals surface area contributed by atoms with Crippen molar-refractivity contribution >= 4 is 11.9 Å². The van der Waals surface area contributed by atoms with E-state index in [4.69, 9.17) is 9.47 Å². The van der Waals surface area contributed by atoms with Crippen LogP contribution in [0.3, 0.4) is 0 Å². The van der Waals surface area contributed by atoms with Gasteiger partial charge in [0.05, 0.1) is 12.5 Å². The molecule has 0 spiro atoms. The van der Waals surface area contributed by atoms with E-state index in [-0.39, 0.29) is 5.91 Å². The van der Waals surface area contributed by atoms with E-state index in [2.05, 4.69) is 17.4 Å².